The van der Waals surface area contributed by atoms with E-state index in [1.165, 1.54) is 0 Å². The second-order valence-corrected chi connectivity index (χ2v) is 11.1. The highest BCUT2D eigenvalue weighted by molar-refractivity contribution is 6.33. The van der Waals surface area contributed by atoms with Crippen molar-refractivity contribution in [2.45, 2.75) is 52.1 Å². The molecular formula is C31H34ClN3O2. The van der Waals surface area contributed by atoms with Gasteiger partial charge in [-0.25, -0.2) is 0 Å². The second-order valence-electron chi connectivity index (χ2n) is 10.7. The first-order chi connectivity index (χ1) is 17.6. The van der Waals surface area contributed by atoms with E-state index in [-0.39, 0.29) is 17.4 Å². The van der Waals surface area contributed by atoms with E-state index < -0.39 is 0 Å². The van der Waals surface area contributed by atoms with Crippen LogP contribution in [0.1, 0.15) is 60.8 Å². The molecule has 0 atom stereocenters. The largest absolute Gasteiger partial charge is 0.393 e. The molecule has 5 nitrogen and oxygen atoms in total. The van der Waals surface area contributed by atoms with Gasteiger partial charge in [0.2, 0.25) is 0 Å². The monoisotopic (exact) mass is 515 g/mol. The summed E-state index contributed by atoms with van der Waals surface area (Å²) in [7, 11) is 0. The maximum atomic E-state index is 13.0. The van der Waals surface area contributed by atoms with Crippen molar-refractivity contribution in [2.75, 3.05) is 13.1 Å². The van der Waals surface area contributed by atoms with Gasteiger partial charge in [0.25, 0.3) is 5.91 Å². The van der Waals surface area contributed by atoms with Gasteiger partial charge in [0.15, 0.2) is 0 Å². The number of carbonyl (C=O) groups excluding carboxylic acids is 1. The fraction of sp³-hybridized carbons (Fsp3) is 0.323. The standard InChI is InChI=1S/C31H34ClN3O2/c1-20-16-23(26-7-6-22(18-28(26)32)30(37)35-14-10-24(36)11-15-35)17-27(25(20)9-12-33-5)21-8-13-34-29(19-21)31(2,3)4/h6-9,12-13,16-19,24,36H,5,10-11,14-15H2,1-4H3/b12-9-. The fourth-order valence-corrected chi connectivity index (χ4v) is 4.97. The molecule has 1 amide bonds. The Kier molecular flexibility index (Phi) is 7.96. The third-order valence-electron chi connectivity index (χ3n) is 6.85. The van der Waals surface area contributed by atoms with Crippen molar-refractivity contribution in [1.82, 2.24) is 9.88 Å². The zero-order chi connectivity index (χ0) is 26.7. The van der Waals surface area contributed by atoms with Gasteiger partial charge in [-0.3, -0.25) is 14.8 Å². The summed E-state index contributed by atoms with van der Waals surface area (Å²) in [6.07, 6.45) is 6.40. The molecule has 1 fully saturated rings. The lowest BCUT2D eigenvalue weighted by atomic mass is 9.87. The molecule has 1 aliphatic rings. The minimum atomic E-state index is -0.326. The Morgan fingerprint density at radius 1 is 1.11 bits per heavy atom. The smallest absolute Gasteiger partial charge is 0.253 e. The highest BCUT2D eigenvalue weighted by atomic mass is 35.5. The van der Waals surface area contributed by atoms with Crippen LogP contribution in [-0.2, 0) is 5.41 Å². The Balaban J connectivity index is 1.76. The van der Waals surface area contributed by atoms with Crippen molar-refractivity contribution in [2.24, 2.45) is 4.99 Å². The van der Waals surface area contributed by atoms with E-state index in [0.29, 0.717) is 36.5 Å². The van der Waals surface area contributed by atoms with Crippen LogP contribution in [0.3, 0.4) is 0 Å². The summed E-state index contributed by atoms with van der Waals surface area (Å²) >= 11 is 6.77. The molecule has 192 valence electrons. The molecule has 6 heteroatoms. The molecule has 1 aromatic heterocycles. The van der Waals surface area contributed by atoms with Gasteiger partial charge in [-0.2, -0.15) is 0 Å². The first-order valence-electron chi connectivity index (χ1n) is 12.6. The highest BCUT2D eigenvalue weighted by Crippen LogP contribution is 2.37. The van der Waals surface area contributed by atoms with E-state index in [1.54, 1.807) is 17.2 Å². The van der Waals surface area contributed by atoms with Crippen LogP contribution < -0.4 is 0 Å². The van der Waals surface area contributed by atoms with Gasteiger partial charge in [-0.1, -0.05) is 44.5 Å². The zero-order valence-corrected chi connectivity index (χ0v) is 22.7. The minimum Gasteiger partial charge on any atom is -0.393 e. The van der Waals surface area contributed by atoms with E-state index in [4.69, 9.17) is 11.6 Å². The number of amides is 1. The number of pyridine rings is 1. The number of hydrogen-bond donors (Lipinski definition) is 1. The molecule has 4 rings (SSSR count). The molecule has 1 aliphatic heterocycles. The number of aliphatic hydroxyl groups excluding tert-OH is 1. The number of aliphatic hydroxyl groups is 1. The van der Waals surface area contributed by atoms with Crippen molar-refractivity contribution in [3.8, 4) is 22.3 Å². The van der Waals surface area contributed by atoms with Crippen LogP contribution in [0.4, 0.5) is 0 Å². The number of rotatable bonds is 5. The fourth-order valence-electron chi connectivity index (χ4n) is 4.68. The van der Waals surface area contributed by atoms with Crippen molar-refractivity contribution >= 4 is 30.3 Å². The van der Waals surface area contributed by atoms with E-state index in [0.717, 1.165) is 39.1 Å². The van der Waals surface area contributed by atoms with E-state index in [2.05, 4.69) is 62.6 Å². The topological polar surface area (TPSA) is 65.8 Å². The predicted octanol–water partition coefficient (Wildman–Crippen LogP) is 6.94. The summed E-state index contributed by atoms with van der Waals surface area (Å²) in [6, 6.07) is 13.9. The van der Waals surface area contributed by atoms with Crippen LogP contribution in [0.15, 0.2) is 59.9 Å². The summed E-state index contributed by atoms with van der Waals surface area (Å²) in [4.78, 5) is 23.3. The lowest BCUT2D eigenvalue weighted by Gasteiger charge is -2.29. The summed E-state index contributed by atoms with van der Waals surface area (Å²) in [5, 5.41) is 10.3. The first kappa shape index (κ1) is 26.8. The molecule has 0 unspecified atom stereocenters. The Hall–Kier alpha value is -3.28. The van der Waals surface area contributed by atoms with Gasteiger partial charge in [0.1, 0.15) is 0 Å². The van der Waals surface area contributed by atoms with Crippen LogP contribution in [0.2, 0.25) is 5.02 Å². The molecular weight excluding hydrogens is 482 g/mol. The number of likely N-dealkylation sites (tertiary alicyclic amines) is 1. The lowest BCUT2D eigenvalue weighted by Crippen LogP contribution is -2.40. The van der Waals surface area contributed by atoms with Gasteiger partial charge in [-0.15, -0.1) is 0 Å². The number of hydrogen-bond acceptors (Lipinski definition) is 4. The molecule has 0 bridgehead atoms. The highest BCUT2D eigenvalue weighted by Gasteiger charge is 2.23. The number of carbonyl (C=O) groups is 1. The lowest BCUT2D eigenvalue weighted by molar-refractivity contribution is 0.0546. The Morgan fingerprint density at radius 2 is 1.84 bits per heavy atom. The van der Waals surface area contributed by atoms with Crippen LogP contribution in [0, 0.1) is 6.92 Å². The number of piperidine rings is 1. The maximum Gasteiger partial charge on any atom is 0.253 e. The normalized spacial score (nSPS) is 14.8. The zero-order valence-electron chi connectivity index (χ0n) is 22.0. The van der Waals surface area contributed by atoms with Crippen LogP contribution in [0.25, 0.3) is 28.3 Å². The molecule has 2 heterocycles. The summed E-state index contributed by atoms with van der Waals surface area (Å²) in [5.41, 5.74) is 7.55. The van der Waals surface area contributed by atoms with E-state index in [9.17, 15) is 9.90 Å². The number of aliphatic imine (C=N–C) groups is 1. The molecule has 37 heavy (non-hydrogen) atoms. The van der Waals surface area contributed by atoms with E-state index >= 15 is 0 Å². The van der Waals surface area contributed by atoms with Gasteiger partial charge < -0.3 is 10.0 Å². The van der Waals surface area contributed by atoms with E-state index in [1.807, 2.05) is 30.5 Å². The van der Waals surface area contributed by atoms with Gasteiger partial charge in [-0.05, 0) is 90.7 Å². The van der Waals surface area contributed by atoms with Gasteiger partial charge in [0.05, 0.1) is 6.10 Å². The molecule has 2 aromatic carbocycles. The summed E-state index contributed by atoms with van der Waals surface area (Å²) in [6.45, 7) is 13.2. The molecule has 0 saturated carbocycles. The third-order valence-corrected chi connectivity index (χ3v) is 7.16. The Labute approximate surface area is 224 Å². The first-order valence-corrected chi connectivity index (χ1v) is 13.0. The molecule has 3 aromatic rings. The van der Waals surface area contributed by atoms with Crippen LogP contribution in [0.5, 0.6) is 0 Å². The number of aromatic nitrogens is 1. The van der Waals surface area contributed by atoms with Crippen molar-refractivity contribution < 1.29 is 9.90 Å². The van der Waals surface area contributed by atoms with Crippen molar-refractivity contribution in [1.29, 1.82) is 0 Å². The average molecular weight is 516 g/mol. The van der Waals surface area contributed by atoms with Crippen molar-refractivity contribution in [3.05, 3.63) is 82.3 Å². The second kappa shape index (κ2) is 11.0. The maximum absolute atomic E-state index is 13.0. The van der Waals surface area contributed by atoms with Crippen molar-refractivity contribution in [3.63, 3.8) is 0 Å². The molecule has 0 aliphatic carbocycles. The van der Waals surface area contributed by atoms with Crippen LogP contribution in [-0.4, -0.2) is 46.8 Å². The summed E-state index contributed by atoms with van der Waals surface area (Å²) in [5.74, 6) is -0.0545. The Morgan fingerprint density at radius 3 is 2.49 bits per heavy atom. The molecule has 1 N–H and O–H groups in total. The minimum absolute atomic E-state index is 0.0545. The number of benzene rings is 2. The third kappa shape index (κ3) is 6.00. The summed E-state index contributed by atoms with van der Waals surface area (Å²) < 4.78 is 0. The van der Waals surface area contributed by atoms with Gasteiger partial charge >= 0.3 is 0 Å². The predicted molar refractivity (Wildman–Crippen MR) is 153 cm³/mol. The Bertz CT molecular complexity index is 1350. The number of nitrogens with zero attached hydrogens (tertiary/aromatic N) is 3. The number of aryl methyl sites for hydroxylation is 1. The average Bonchev–Trinajstić information content (AvgIpc) is 2.87. The molecule has 1 saturated heterocycles. The quantitative estimate of drug-likeness (QED) is 0.374. The van der Waals surface area contributed by atoms with Crippen LogP contribution >= 0.6 is 11.6 Å². The molecule has 0 spiro atoms. The molecule has 0 radical (unpaired) electrons. The SMILES string of the molecule is C=N/C=C\c1c(C)cc(-c2ccc(C(=O)N3CCC(O)CC3)cc2Cl)cc1-c1ccnc(C(C)(C)C)c1. The van der Waals surface area contributed by atoms with Gasteiger partial charge in [0, 0.05) is 52.7 Å². The number of halogens is 1.